The zero-order valence-electron chi connectivity index (χ0n) is 18.1. The molecule has 0 bridgehead atoms. The first-order chi connectivity index (χ1) is 15.5. The number of imidazole rings is 1. The first-order valence-electron chi connectivity index (χ1n) is 10.7. The van der Waals surface area contributed by atoms with E-state index in [9.17, 15) is 14.3 Å². The average Bonchev–Trinajstić information content (AvgIpc) is 3.29. The molecule has 0 radical (unpaired) electrons. The Labute approximate surface area is 197 Å². The highest BCUT2D eigenvalue weighted by Gasteiger charge is 2.33. The molecule has 2 aromatic carbocycles. The molecule has 2 aromatic heterocycles. The summed E-state index contributed by atoms with van der Waals surface area (Å²) in [6.45, 7) is 1.85. The first-order valence-corrected chi connectivity index (χ1v) is 10.7. The Morgan fingerprint density at radius 3 is 2.73 bits per heavy atom. The van der Waals surface area contributed by atoms with Gasteiger partial charge in [0.05, 0.1) is 11.8 Å². The van der Waals surface area contributed by atoms with Crippen LogP contribution in [0.25, 0.3) is 5.65 Å². The van der Waals surface area contributed by atoms with Crippen molar-refractivity contribution in [3.05, 3.63) is 101 Å². The monoisotopic (exact) mass is 466 g/mol. The van der Waals surface area contributed by atoms with Crippen molar-refractivity contribution >= 4 is 23.8 Å². The summed E-state index contributed by atoms with van der Waals surface area (Å²) in [5.74, 6) is -0.166. The minimum atomic E-state index is -0.574. The van der Waals surface area contributed by atoms with Gasteiger partial charge in [0.25, 0.3) is 0 Å². The number of ketones is 1. The molecule has 0 fully saturated rings. The van der Waals surface area contributed by atoms with Gasteiger partial charge in [-0.2, -0.15) is 0 Å². The van der Waals surface area contributed by atoms with Crippen molar-refractivity contribution in [2.45, 2.75) is 38.4 Å². The molecule has 0 spiro atoms. The Morgan fingerprint density at radius 1 is 1.15 bits per heavy atom. The molecule has 0 saturated heterocycles. The summed E-state index contributed by atoms with van der Waals surface area (Å²) in [5, 5.41) is 10.6. The molecule has 0 saturated carbocycles. The molecular formula is C26H24ClFN2O3. The highest BCUT2D eigenvalue weighted by Crippen LogP contribution is 2.37. The van der Waals surface area contributed by atoms with Crippen molar-refractivity contribution < 1.29 is 19.0 Å². The van der Waals surface area contributed by atoms with Gasteiger partial charge in [-0.3, -0.25) is 9.20 Å². The maximum absolute atomic E-state index is 13.9. The third kappa shape index (κ3) is 4.24. The number of nitrogens with zero attached hydrogens (tertiary/aromatic N) is 2. The Morgan fingerprint density at radius 2 is 1.91 bits per heavy atom. The Balaban J connectivity index is 0.00000259. The Hall–Kier alpha value is -3.22. The molecule has 4 aromatic rings. The molecule has 1 N–H and O–H groups in total. The number of fused-ring (bicyclic) bond motifs is 2. The van der Waals surface area contributed by atoms with Gasteiger partial charge in [-0.05, 0) is 42.7 Å². The molecule has 2 atom stereocenters. The summed E-state index contributed by atoms with van der Waals surface area (Å²) in [6.07, 6.45) is 1.97. The lowest BCUT2D eigenvalue weighted by molar-refractivity contribution is 0.0915. The predicted octanol–water partition coefficient (Wildman–Crippen LogP) is 5.06. The average molecular weight is 467 g/mol. The number of pyridine rings is 1. The highest BCUT2D eigenvalue weighted by atomic mass is 35.5. The van der Waals surface area contributed by atoms with Gasteiger partial charge in [0.15, 0.2) is 17.2 Å². The maximum Gasteiger partial charge on any atom is 0.182 e. The van der Waals surface area contributed by atoms with Crippen LogP contribution in [0.15, 0.2) is 66.9 Å². The SMILES string of the molecule is Cc1nc2c(OCc3ccccc3F)cccn2c1C(=O)C[C@@H]1c2ccccc2C[C@H]1O.Cl. The molecule has 33 heavy (non-hydrogen) atoms. The van der Waals surface area contributed by atoms with Crippen LogP contribution in [0.1, 0.15) is 45.2 Å². The van der Waals surface area contributed by atoms with Crippen molar-refractivity contribution in [3.63, 3.8) is 0 Å². The van der Waals surface area contributed by atoms with E-state index >= 15 is 0 Å². The van der Waals surface area contributed by atoms with Crippen LogP contribution < -0.4 is 4.74 Å². The van der Waals surface area contributed by atoms with Crippen LogP contribution in [-0.4, -0.2) is 26.4 Å². The van der Waals surface area contributed by atoms with Gasteiger partial charge in [-0.15, -0.1) is 12.4 Å². The van der Waals surface area contributed by atoms with E-state index in [1.165, 1.54) is 6.07 Å². The minimum Gasteiger partial charge on any atom is -0.485 e. The summed E-state index contributed by atoms with van der Waals surface area (Å²) in [7, 11) is 0. The minimum absolute atomic E-state index is 0. The number of aromatic nitrogens is 2. The highest BCUT2D eigenvalue weighted by molar-refractivity contribution is 5.97. The van der Waals surface area contributed by atoms with Crippen LogP contribution in [0.3, 0.4) is 0 Å². The Bertz CT molecular complexity index is 1320. The number of carbonyl (C=O) groups excluding carboxylic acids is 1. The van der Waals surface area contributed by atoms with Gasteiger partial charge in [0, 0.05) is 24.1 Å². The lowest BCUT2D eigenvalue weighted by Crippen LogP contribution is -2.18. The first kappa shape index (κ1) is 23.0. The molecule has 0 unspecified atom stereocenters. The number of halogens is 2. The summed E-state index contributed by atoms with van der Waals surface area (Å²) < 4.78 is 21.5. The van der Waals surface area contributed by atoms with Gasteiger partial charge < -0.3 is 9.84 Å². The summed E-state index contributed by atoms with van der Waals surface area (Å²) >= 11 is 0. The number of aliphatic hydroxyl groups excluding tert-OH is 1. The molecule has 2 heterocycles. The third-order valence-corrected chi connectivity index (χ3v) is 6.15. The molecule has 7 heteroatoms. The number of hydrogen-bond acceptors (Lipinski definition) is 4. The van der Waals surface area contributed by atoms with Crippen LogP contribution in [0.4, 0.5) is 4.39 Å². The topological polar surface area (TPSA) is 63.8 Å². The lowest BCUT2D eigenvalue weighted by Gasteiger charge is -2.15. The van der Waals surface area contributed by atoms with Gasteiger partial charge in [0.1, 0.15) is 18.1 Å². The van der Waals surface area contributed by atoms with Crippen LogP contribution in [-0.2, 0) is 13.0 Å². The number of aryl methyl sites for hydroxylation is 1. The van der Waals surface area contributed by atoms with Gasteiger partial charge >= 0.3 is 0 Å². The number of hydrogen-bond donors (Lipinski definition) is 1. The van der Waals surface area contributed by atoms with E-state index in [1.807, 2.05) is 24.3 Å². The van der Waals surface area contributed by atoms with Crippen molar-refractivity contribution in [3.8, 4) is 5.75 Å². The number of benzene rings is 2. The van der Waals surface area contributed by atoms with Crippen LogP contribution in [0, 0.1) is 12.7 Å². The van der Waals surface area contributed by atoms with Crippen LogP contribution in [0.5, 0.6) is 5.75 Å². The molecule has 0 aliphatic heterocycles. The van der Waals surface area contributed by atoms with Crippen molar-refractivity contribution in [1.82, 2.24) is 9.38 Å². The van der Waals surface area contributed by atoms with Crippen LogP contribution in [0.2, 0.25) is 0 Å². The van der Waals surface area contributed by atoms with Gasteiger partial charge in [-0.1, -0.05) is 42.5 Å². The molecule has 1 aliphatic carbocycles. The molecule has 170 valence electrons. The summed E-state index contributed by atoms with van der Waals surface area (Å²) in [5.41, 5.74) is 4.16. The fourth-order valence-electron chi connectivity index (χ4n) is 4.57. The lowest BCUT2D eigenvalue weighted by atomic mass is 9.93. The molecule has 0 amide bonds. The zero-order valence-corrected chi connectivity index (χ0v) is 18.9. The maximum atomic E-state index is 13.9. The zero-order chi connectivity index (χ0) is 22.2. The Kier molecular flexibility index (Phi) is 6.49. The van der Waals surface area contributed by atoms with E-state index < -0.39 is 6.10 Å². The molecular weight excluding hydrogens is 443 g/mol. The van der Waals surface area contributed by atoms with E-state index in [0.29, 0.717) is 34.8 Å². The third-order valence-electron chi connectivity index (χ3n) is 6.15. The second-order valence-electron chi connectivity index (χ2n) is 8.20. The molecule has 1 aliphatic rings. The number of ether oxygens (including phenoxy) is 1. The van der Waals surface area contributed by atoms with E-state index in [0.717, 1.165) is 11.1 Å². The van der Waals surface area contributed by atoms with Crippen molar-refractivity contribution in [2.24, 2.45) is 0 Å². The van der Waals surface area contributed by atoms with Gasteiger partial charge in [0.2, 0.25) is 0 Å². The summed E-state index contributed by atoms with van der Waals surface area (Å²) in [6, 6.07) is 17.9. The number of rotatable bonds is 6. The van der Waals surface area contributed by atoms with E-state index in [-0.39, 0.29) is 43.0 Å². The molecule has 5 nitrogen and oxygen atoms in total. The van der Waals surface area contributed by atoms with Gasteiger partial charge in [-0.25, -0.2) is 9.37 Å². The predicted molar refractivity (Wildman–Crippen MR) is 126 cm³/mol. The number of aliphatic hydroxyl groups is 1. The van der Waals surface area contributed by atoms with E-state index in [1.54, 1.807) is 47.9 Å². The summed E-state index contributed by atoms with van der Waals surface area (Å²) in [4.78, 5) is 17.9. The number of Topliss-reactive ketones (excluding diaryl/α,β-unsaturated/α-hetero) is 1. The molecule has 5 rings (SSSR count). The smallest absolute Gasteiger partial charge is 0.182 e. The quantitative estimate of drug-likeness (QED) is 0.403. The van der Waals surface area contributed by atoms with Crippen molar-refractivity contribution in [1.29, 1.82) is 0 Å². The number of carbonyl (C=O) groups is 1. The van der Waals surface area contributed by atoms with E-state index in [4.69, 9.17) is 4.74 Å². The second kappa shape index (κ2) is 9.33. The fraction of sp³-hybridized carbons (Fsp3) is 0.231. The van der Waals surface area contributed by atoms with Crippen LogP contribution >= 0.6 is 12.4 Å². The standard InChI is InChI=1S/C26H23FN2O3.ClH/c1-16-25(23(31)14-20-19-9-4-2-7-17(19)13-22(20)30)29-12-6-11-24(26(29)28-16)32-15-18-8-3-5-10-21(18)27;/h2-12,20,22,30H,13-15H2,1H3;1H/t20-,22-;/m1./s1. The largest absolute Gasteiger partial charge is 0.485 e. The van der Waals surface area contributed by atoms with Crippen molar-refractivity contribution in [2.75, 3.05) is 0 Å². The van der Waals surface area contributed by atoms with E-state index in [2.05, 4.69) is 4.98 Å². The fourth-order valence-corrected chi connectivity index (χ4v) is 4.57. The second-order valence-corrected chi connectivity index (χ2v) is 8.20. The normalized spacial score (nSPS) is 16.9.